The summed E-state index contributed by atoms with van der Waals surface area (Å²) in [5.41, 5.74) is 0.491. The second kappa shape index (κ2) is 11.5. The van der Waals surface area contributed by atoms with Gasteiger partial charge in [-0.05, 0) is 42.2 Å². The van der Waals surface area contributed by atoms with E-state index < -0.39 is 29.9 Å². The van der Waals surface area contributed by atoms with Crippen LogP contribution < -0.4 is 10.1 Å². The van der Waals surface area contributed by atoms with Crippen molar-refractivity contribution in [2.45, 2.75) is 44.6 Å². The number of amides is 1. The third-order valence-electron chi connectivity index (χ3n) is 4.81. The zero-order valence-corrected chi connectivity index (χ0v) is 17.8. The molecular weight excluding hydrogens is 427 g/mol. The molecule has 9 heteroatoms. The van der Waals surface area contributed by atoms with Gasteiger partial charge in [-0.15, -0.1) is 0 Å². The Morgan fingerprint density at radius 1 is 1.06 bits per heavy atom. The van der Waals surface area contributed by atoms with Crippen LogP contribution in [0.5, 0.6) is 5.75 Å². The average Bonchev–Trinajstić information content (AvgIpc) is 2.76. The maximum absolute atomic E-state index is 12.8. The van der Waals surface area contributed by atoms with Gasteiger partial charge in [0.25, 0.3) is 5.91 Å². The molecule has 0 radical (unpaired) electrons. The highest BCUT2D eigenvalue weighted by atomic mass is 19.4. The maximum atomic E-state index is 12.8. The topological polar surface area (TPSA) is 84.9 Å². The van der Waals surface area contributed by atoms with Gasteiger partial charge in [-0.2, -0.15) is 13.2 Å². The van der Waals surface area contributed by atoms with Gasteiger partial charge in [-0.1, -0.05) is 37.3 Å². The number of methoxy groups -OCH3 is 1. The largest absolute Gasteiger partial charge is 0.481 e. The summed E-state index contributed by atoms with van der Waals surface area (Å²) in [5, 5.41) is 11.7. The smallest absolute Gasteiger partial charge is 0.416 e. The van der Waals surface area contributed by atoms with Crippen LogP contribution in [-0.2, 0) is 33.3 Å². The van der Waals surface area contributed by atoms with Crippen molar-refractivity contribution in [2.75, 3.05) is 13.7 Å². The second-order valence-corrected chi connectivity index (χ2v) is 7.16. The summed E-state index contributed by atoms with van der Waals surface area (Å²) in [5.74, 6) is -0.979. The van der Waals surface area contributed by atoms with Gasteiger partial charge in [0.2, 0.25) is 0 Å². The first kappa shape index (κ1) is 25.2. The predicted octanol–water partition coefficient (Wildman–Crippen LogP) is 3.86. The minimum atomic E-state index is -4.41. The molecule has 1 amide bonds. The van der Waals surface area contributed by atoms with E-state index in [1.165, 1.54) is 13.2 Å². The summed E-state index contributed by atoms with van der Waals surface area (Å²) in [6, 6.07) is 11.7. The number of hydrogen-bond acceptors (Lipinski definition) is 4. The van der Waals surface area contributed by atoms with Gasteiger partial charge in [0, 0.05) is 20.1 Å². The van der Waals surface area contributed by atoms with Crippen LogP contribution in [-0.4, -0.2) is 42.8 Å². The van der Waals surface area contributed by atoms with Gasteiger partial charge in [0.1, 0.15) is 5.75 Å². The molecule has 2 rings (SSSR count). The fraction of sp³-hybridized carbons (Fsp3) is 0.391. The van der Waals surface area contributed by atoms with Crippen molar-refractivity contribution in [3.8, 4) is 5.75 Å². The van der Waals surface area contributed by atoms with Crippen LogP contribution in [0.25, 0.3) is 0 Å². The zero-order valence-electron chi connectivity index (χ0n) is 17.8. The number of carbonyl (C=O) groups excluding carboxylic acids is 1. The maximum Gasteiger partial charge on any atom is 0.416 e. The molecule has 0 aliphatic rings. The van der Waals surface area contributed by atoms with Crippen molar-refractivity contribution in [3.63, 3.8) is 0 Å². The standard InChI is InChI=1S/C23H26F3NO5/c1-3-19(32-18-9-7-16(8-10-18)14-20(31-2)22(29)30)21(28)27-12-11-15-5-4-6-17(13-15)23(24,25)26/h4-10,13,19-20H,3,11-12,14H2,1-2H3,(H,27,28)(H,29,30). The molecule has 0 saturated carbocycles. The molecule has 0 heterocycles. The molecule has 2 N–H and O–H groups in total. The van der Waals surface area contributed by atoms with Gasteiger partial charge < -0.3 is 19.9 Å². The van der Waals surface area contributed by atoms with E-state index in [1.54, 1.807) is 37.3 Å². The van der Waals surface area contributed by atoms with E-state index in [-0.39, 0.29) is 25.3 Å². The predicted molar refractivity (Wildman–Crippen MR) is 111 cm³/mol. The van der Waals surface area contributed by atoms with E-state index in [4.69, 9.17) is 14.6 Å². The Morgan fingerprint density at radius 3 is 2.31 bits per heavy atom. The van der Waals surface area contributed by atoms with Crippen molar-refractivity contribution < 1.29 is 37.3 Å². The molecule has 0 saturated heterocycles. The van der Waals surface area contributed by atoms with Gasteiger partial charge in [0.15, 0.2) is 12.2 Å². The minimum Gasteiger partial charge on any atom is -0.481 e. The van der Waals surface area contributed by atoms with Crippen molar-refractivity contribution >= 4 is 11.9 Å². The molecule has 0 aliphatic carbocycles. The lowest BCUT2D eigenvalue weighted by molar-refractivity contribution is -0.148. The van der Waals surface area contributed by atoms with E-state index in [0.29, 0.717) is 17.7 Å². The molecule has 2 unspecified atom stereocenters. The molecular formula is C23H26F3NO5. The zero-order chi connectivity index (χ0) is 23.7. The van der Waals surface area contributed by atoms with Crippen LogP contribution >= 0.6 is 0 Å². The van der Waals surface area contributed by atoms with Crippen LogP contribution in [0, 0.1) is 0 Å². The number of alkyl halides is 3. The van der Waals surface area contributed by atoms with Crippen molar-refractivity contribution in [1.82, 2.24) is 5.32 Å². The lowest BCUT2D eigenvalue weighted by Gasteiger charge is -2.18. The Kier molecular flexibility index (Phi) is 9.07. The van der Waals surface area contributed by atoms with Gasteiger partial charge in [0.05, 0.1) is 5.56 Å². The summed E-state index contributed by atoms with van der Waals surface area (Å²) < 4.78 is 49.0. The van der Waals surface area contributed by atoms with E-state index in [0.717, 1.165) is 17.7 Å². The minimum absolute atomic E-state index is 0.173. The van der Waals surface area contributed by atoms with E-state index in [2.05, 4.69) is 5.32 Å². The van der Waals surface area contributed by atoms with Crippen LogP contribution in [0.3, 0.4) is 0 Å². The molecule has 2 atom stereocenters. The Bertz CT molecular complexity index is 899. The number of benzene rings is 2. The number of ether oxygens (including phenoxy) is 2. The fourth-order valence-corrected chi connectivity index (χ4v) is 3.02. The van der Waals surface area contributed by atoms with E-state index in [9.17, 15) is 22.8 Å². The van der Waals surface area contributed by atoms with E-state index >= 15 is 0 Å². The monoisotopic (exact) mass is 453 g/mol. The lowest BCUT2D eigenvalue weighted by atomic mass is 10.1. The van der Waals surface area contributed by atoms with Gasteiger partial charge in [-0.3, -0.25) is 4.79 Å². The molecule has 0 bridgehead atoms. The number of carboxylic acids is 1. The Hall–Kier alpha value is -3.07. The number of carbonyl (C=O) groups is 2. The average molecular weight is 453 g/mol. The summed E-state index contributed by atoms with van der Waals surface area (Å²) >= 11 is 0. The molecule has 6 nitrogen and oxygen atoms in total. The Morgan fingerprint density at radius 2 is 1.75 bits per heavy atom. The normalized spacial score (nSPS) is 13.3. The first-order valence-electron chi connectivity index (χ1n) is 10.1. The van der Waals surface area contributed by atoms with Crippen molar-refractivity contribution in [2.24, 2.45) is 0 Å². The van der Waals surface area contributed by atoms with Crippen LogP contribution in [0.4, 0.5) is 13.2 Å². The van der Waals surface area contributed by atoms with Crippen molar-refractivity contribution in [1.29, 1.82) is 0 Å². The summed E-state index contributed by atoms with van der Waals surface area (Å²) in [7, 11) is 1.33. The molecule has 0 aromatic heterocycles. The van der Waals surface area contributed by atoms with Gasteiger partial charge in [-0.25, -0.2) is 4.79 Å². The quantitative estimate of drug-likeness (QED) is 0.540. The van der Waals surface area contributed by atoms with Crippen molar-refractivity contribution in [3.05, 3.63) is 65.2 Å². The second-order valence-electron chi connectivity index (χ2n) is 7.16. The first-order chi connectivity index (χ1) is 15.1. The third-order valence-corrected chi connectivity index (χ3v) is 4.81. The van der Waals surface area contributed by atoms with E-state index in [1.807, 2.05) is 0 Å². The summed E-state index contributed by atoms with van der Waals surface area (Å²) in [6.45, 7) is 1.95. The Labute approximate surface area is 184 Å². The highest BCUT2D eigenvalue weighted by molar-refractivity contribution is 5.81. The molecule has 32 heavy (non-hydrogen) atoms. The number of halogens is 3. The number of carboxylic acid groups (broad SMARTS) is 1. The Balaban J connectivity index is 1.88. The van der Waals surface area contributed by atoms with Crippen LogP contribution in [0.2, 0.25) is 0 Å². The number of aliphatic carboxylic acids is 1. The van der Waals surface area contributed by atoms with Crippen LogP contribution in [0.1, 0.15) is 30.0 Å². The SMILES string of the molecule is CCC(Oc1ccc(CC(OC)C(=O)O)cc1)C(=O)NCCc1cccc(C(F)(F)F)c1. The number of nitrogens with one attached hydrogen (secondary N) is 1. The number of rotatable bonds is 11. The lowest BCUT2D eigenvalue weighted by Crippen LogP contribution is -2.38. The highest BCUT2D eigenvalue weighted by Crippen LogP contribution is 2.29. The summed E-state index contributed by atoms with van der Waals surface area (Å²) in [6.07, 6.45) is -5.29. The molecule has 0 fully saturated rings. The first-order valence-corrected chi connectivity index (χ1v) is 10.1. The molecule has 2 aromatic carbocycles. The fourth-order valence-electron chi connectivity index (χ4n) is 3.02. The molecule has 0 aliphatic heterocycles. The molecule has 0 spiro atoms. The van der Waals surface area contributed by atoms with Crippen LogP contribution in [0.15, 0.2) is 48.5 Å². The third kappa shape index (κ3) is 7.56. The van der Waals surface area contributed by atoms with Gasteiger partial charge >= 0.3 is 12.1 Å². The molecule has 174 valence electrons. The highest BCUT2D eigenvalue weighted by Gasteiger charge is 2.30. The molecule has 2 aromatic rings. The summed E-state index contributed by atoms with van der Waals surface area (Å²) in [4.78, 5) is 23.5. The number of hydrogen-bond donors (Lipinski definition) is 2.